The lowest BCUT2D eigenvalue weighted by Gasteiger charge is -2.03. The lowest BCUT2D eigenvalue weighted by molar-refractivity contribution is -0.141. The number of hydrogen-bond acceptors (Lipinski definition) is 1. The van der Waals surface area contributed by atoms with Crippen molar-refractivity contribution in [3.8, 4) is 0 Å². The van der Waals surface area contributed by atoms with Crippen molar-refractivity contribution in [2.45, 2.75) is 13.0 Å². The smallest absolute Gasteiger partial charge is 0.308 e. The average Bonchev–Trinajstić information content (AvgIpc) is 2.76. The van der Waals surface area contributed by atoms with Crippen molar-refractivity contribution in [3.05, 3.63) is 35.8 Å². The van der Waals surface area contributed by atoms with Gasteiger partial charge in [-0.05, 0) is 18.2 Å². The van der Waals surface area contributed by atoms with Gasteiger partial charge in [0, 0.05) is 24.0 Å². The molecule has 1 aromatic carbocycles. The highest BCUT2D eigenvalue weighted by Crippen LogP contribution is 2.30. The highest BCUT2D eigenvalue weighted by atomic mass is 19.1. The van der Waals surface area contributed by atoms with Crippen molar-refractivity contribution >= 4 is 16.9 Å². The van der Waals surface area contributed by atoms with Gasteiger partial charge in [0.1, 0.15) is 5.82 Å². The normalized spacial score (nSPS) is 18.9. The van der Waals surface area contributed by atoms with Gasteiger partial charge in [-0.3, -0.25) is 4.79 Å². The number of carbonyl (C=O) groups is 1. The molecule has 0 fully saturated rings. The van der Waals surface area contributed by atoms with Crippen LogP contribution in [0, 0.1) is 11.7 Å². The van der Waals surface area contributed by atoms with Crippen LogP contribution in [0.3, 0.4) is 0 Å². The Morgan fingerprint density at radius 3 is 3.06 bits per heavy atom. The van der Waals surface area contributed by atoms with Gasteiger partial charge in [0.05, 0.1) is 11.4 Å². The molecule has 1 aromatic heterocycles. The molecule has 3 rings (SSSR count). The van der Waals surface area contributed by atoms with E-state index in [-0.39, 0.29) is 11.7 Å². The standard InChI is InChI=1S/C12H10FNO2/c13-10-2-1-3-11-9(10)5-8-4-7(12(15)16)6-14(8)11/h1-3,5,7H,4,6H2,(H,15,16). The Labute approximate surface area is 91.1 Å². The van der Waals surface area contributed by atoms with Crippen molar-refractivity contribution in [1.82, 2.24) is 4.57 Å². The number of fused-ring (bicyclic) bond motifs is 3. The Morgan fingerprint density at radius 2 is 2.31 bits per heavy atom. The molecular formula is C12H10FNO2. The van der Waals surface area contributed by atoms with Gasteiger partial charge in [-0.15, -0.1) is 0 Å². The van der Waals surface area contributed by atoms with E-state index < -0.39 is 5.97 Å². The molecule has 1 aliphatic heterocycles. The molecule has 0 radical (unpaired) electrons. The summed E-state index contributed by atoms with van der Waals surface area (Å²) in [6.45, 7) is 0.442. The second-order valence-corrected chi connectivity index (χ2v) is 4.16. The number of carboxylic acids is 1. The first kappa shape index (κ1) is 9.39. The van der Waals surface area contributed by atoms with Gasteiger partial charge < -0.3 is 9.67 Å². The maximum Gasteiger partial charge on any atom is 0.308 e. The number of halogens is 1. The monoisotopic (exact) mass is 219 g/mol. The van der Waals surface area contributed by atoms with Crippen LogP contribution >= 0.6 is 0 Å². The number of carboxylic acid groups (broad SMARTS) is 1. The van der Waals surface area contributed by atoms with Crippen molar-refractivity contribution < 1.29 is 14.3 Å². The topological polar surface area (TPSA) is 42.2 Å². The fraction of sp³-hybridized carbons (Fsp3) is 0.250. The summed E-state index contributed by atoms with van der Waals surface area (Å²) in [5, 5.41) is 9.53. The summed E-state index contributed by atoms with van der Waals surface area (Å²) in [4.78, 5) is 10.9. The van der Waals surface area contributed by atoms with E-state index in [2.05, 4.69) is 0 Å². The van der Waals surface area contributed by atoms with Crippen LogP contribution in [-0.4, -0.2) is 15.6 Å². The van der Waals surface area contributed by atoms with Crippen LogP contribution in [0.15, 0.2) is 24.3 Å². The Morgan fingerprint density at radius 1 is 1.50 bits per heavy atom. The number of aromatic nitrogens is 1. The third-order valence-corrected chi connectivity index (χ3v) is 3.19. The number of hydrogen-bond donors (Lipinski definition) is 1. The zero-order valence-corrected chi connectivity index (χ0v) is 8.48. The largest absolute Gasteiger partial charge is 0.481 e. The Balaban J connectivity index is 2.15. The van der Waals surface area contributed by atoms with E-state index in [0.717, 1.165) is 11.2 Å². The molecule has 1 unspecified atom stereocenters. The molecule has 2 aromatic rings. The van der Waals surface area contributed by atoms with Crippen molar-refractivity contribution in [1.29, 1.82) is 0 Å². The van der Waals surface area contributed by atoms with Crippen LogP contribution in [0.25, 0.3) is 10.9 Å². The molecule has 0 aliphatic carbocycles. The molecule has 0 bridgehead atoms. The zero-order chi connectivity index (χ0) is 11.3. The quantitative estimate of drug-likeness (QED) is 0.797. The average molecular weight is 219 g/mol. The van der Waals surface area contributed by atoms with E-state index in [1.54, 1.807) is 12.1 Å². The predicted molar refractivity (Wildman–Crippen MR) is 56.7 cm³/mol. The number of nitrogens with zero attached hydrogens (tertiary/aromatic N) is 1. The Kier molecular flexibility index (Phi) is 1.80. The van der Waals surface area contributed by atoms with Gasteiger partial charge in [0.2, 0.25) is 0 Å². The van der Waals surface area contributed by atoms with E-state index >= 15 is 0 Å². The summed E-state index contributed by atoms with van der Waals surface area (Å²) in [5.74, 6) is -1.40. The summed E-state index contributed by atoms with van der Waals surface area (Å²) < 4.78 is 15.4. The van der Waals surface area contributed by atoms with Crippen LogP contribution in [0.1, 0.15) is 5.69 Å². The van der Waals surface area contributed by atoms with Gasteiger partial charge in [0.25, 0.3) is 0 Å². The van der Waals surface area contributed by atoms with Crippen LogP contribution in [0.2, 0.25) is 0 Å². The molecular weight excluding hydrogens is 209 g/mol. The molecule has 3 nitrogen and oxygen atoms in total. The molecule has 0 saturated carbocycles. The third kappa shape index (κ3) is 1.16. The molecule has 1 atom stereocenters. The minimum absolute atomic E-state index is 0.244. The summed E-state index contributed by atoms with van der Waals surface area (Å²) in [6.07, 6.45) is 0.490. The maximum absolute atomic E-state index is 13.5. The molecule has 0 saturated heterocycles. The first-order valence-electron chi connectivity index (χ1n) is 5.16. The van der Waals surface area contributed by atoms with Gasteiger partial charge >= 0.3 is 5.97 Å². The zero-order valence-electron chi connectivity index (χ0n) is 8.48. The molecule has 1 N–H and O–H groups in total. The van der Waals surface area contributed by atoms with E-state index in [9.17, 15) is 9.18 Å². The minimum Gasteiger partial charge on any atom is -0.481 e. The van der Waals surface area contributed by atoms with E-state index in [4.69, 9.17) is 5.11 Å². The SMILES string of the molecule is O=C(O)C1Cc2cc3c(F)cccc3n2C1. The highest BCUT2D eigenvalue weighted by Gasteiger charge is 2.28. The molecule has 16 heavy (non-hydrogen) atoms. The Hall–Kier alpha value is -1.84. The molecule has 2 heterocycles. The summed E-state index contributed by atoms with van der Waals surface area (Å²) in [6, 6.07) is 6.66. The van der Waals surface area contributed by atoms with Crippen molar-refractivity contribution in [3.63, 3.8) is 0 Å². The van der Waals surface area contributed by atoms with Crippen molar-refractivity contribution in [2.75, 3.05) is 0 Å². The number of benzene rings is 1. The highest BCUT2D eigenvalue weighted by molar-refractivity contribution is 5.83. The first-order valence-corrected chi connectivity index (χ1v) is 5.16. The number of rotatable bonds is 1. The summed E-state index contributed by atoms with van der Waals surface area (Å²) in [5.41, 5.74) is 1.70. The maximum atomic E-state index is 13.5. The van der Waals surface area contributed by atoms with E-state index in [1.807, 2.05) is 10.6 Å². The van der Waals surface area contributed by atoms with Crippen LogP contribution < -0.4 is 0 Å². The van der Waals surface area contributed by atoms with Gasteiger partial charge in [0.15, 0.2) is 0 Å². The third-order valence-electron chi connectivity index (χ3n) is 3.19. The lowest BCUT2D eigenvalue weighted by Crippen LogP contribution is -2.14. The van der Waals surface area contributed by atoms with Crippen LogP contribution in [0.5, 0.6) is 0 Å². The predicted octanol–water partition coefficient (Wildman–Crippen LogP) is 2.04. The molecule has 0 amide bonds. The molecule has 1 aliphatic rings. The van der Waals surface area contributed by atoms with E-state index in [1.165, 1.54) is 6.07 Å². The molecule has 4 heteroatoms. The van der Waals surface area contributed by atoms with Gasteiger partial charge in [-0.2, -0.15) is 0 Å². The van der Waals surface area contributed by atoms with Gasteiger partial charge in [-0.1, -0.05) is 6.07 Å². The van der Waals surface area contributed by atoms with Crippen LogP contribution in [0.4, 0.5) is 4.39 Å². The summed E-state index contributed by atoms with van der Waals surface area (Å²) >= 11 is 0. The first-order chi connectivity index (χ1) is 7.66. The number of aliphatic carboxylic acids is 1. The second kappa shape index (κ2) is 3.07. The lowest BCUT2D eigenvalue weighted by atomic mass is 10.1. The minimum atomic E-state index is -0.784. The fourth-order valence-corrected chi connectivity index (χ4v) is 2.39. The van der Waals surface area contributed by atoms with Crippen molar-refractivity contribution in [2.24, 2.45) is 5.92 Å². The fourth-order valence-electron chi connectivity index (χ4n) is 2.39. The summed E-state index contributed by atoms with van der Waals surface area (Å²) in [7, 11) is 0. The molecule has 0 spiro atoms. The second-order valence-electron chi connectivity index (χ2n) is 4.16. The molecule has 82 valence electrons. The van der Waals surface area contributed by atoms with E-state index in [0.29, 0.717) is 18.4 Å². The van der Waals surface area contributed by atoms with Crippen LogP contribution in [-0.2, 0) is 17.8 Å². The van der Waals surface area contributed by atoms with Gasteiger partial charge in [-0.25, -0.2) is 4.39 Å². The Bertz CT molecular complexity index is 588.